The number of benzene rings is 2. The van der Waals surface area contributed by atoms with Crippen LogP contribution in [0.4, 0.5) is 0 Å². The zero-order valence-electron chi connectivity index (χ0n) is 23.8. The third-order valence-corrected chi connectivity index (χ3v) is 8.70. The molecule has 2 atom stereocenters. The number of para-hydroxylation sites is 1. The van der Waals surface area contributed by atoms with Crippen molar-refractivity contribution >= 4 is 35.1 Å². The van der Waals surface area contributed by atoms with Gasteiger partial charge >= 0.3 is 0 Å². The lowest BCUT2D eigenvalue weighted by molar-refractivity contribution is -0.138. The molecule has 2 aromatic carbocycles. The fourth-order valence-electron chi connectivity index (χ4n) is 6.51. The van der Waals surface area contributed by atoms with E-state index in [0.717, 1.165) is 42.1 Å². The van der Waals surface area contributed by atoms with Gasteiger partial charge in [0.2, 0.25) is 11.8 Å². The van der Waals surface area contributed by atoms with E-state index in [1.807, 2.05) is 43.1 Å². The fraction of sp³-hybridized carbons (Fsp3) is 0.500. The molecular weight excluding hydrogens is 524 g/mol. The molecule has 0 saturated carbocycles. The Labute approximate surface area is 243 Å². The molecule has 0 radical (unpaired) electrons. The molecule has 0 bridgehead atoms. The summed E-state index contributed by atoms with van der Waals surface area (Å²) in [6.07, 6.45) is 6.27. The summed E-state index contributed by atoms with van der Waals surface area (Å²) in [7, 11) is 0. The second kappa shape index (κ2) is 12.3. The van der Waals surface area contributed by atoms with E-state index in [1.54, 1.807) is 6.92 Å². The highest BCUT2D eigenvalue weighted by Crippen LogP contribution is 2.46. The number of aryl methyl sites for hydroxylation is 1. The number of halogens is 1. The van der Waals surface area contributed by atoms with Crippen LogP contribution in [-0.4, -0.2) is 64.1 Å². The number of piperidine rings is 1. The van der Waals surface area contributed by atoms with E-state index in [9.17, 15) is 14.7 Å². The molecule has 8 heteroatoms. The van der Waals surface area contributed by atoms with Gasteiger partial charge in [0, 0.05) is 55.1 Å². The maximum absolute atomic E-state index is 14.0. The van der Waals surface area contributed by atoms with Crippen molar-refractivity contribution in [2.24, 2.45) is 0 Å². The molecule has 216 valence electrons. The number of β-amino-alcohol motifs (C(OH)–C–C–N with tert-alkyl or cyclic N) is 1. The van der Waals surface area contributed by atoms with Gasteiger partial charge in [0.1, 0.15) is 6.04 Å². The number of hydrogen-bond donors (Lipinski definition) is 4. The van der Waals surface area contributed by atoms with Gasteiger partial charge < -0.3 is 25.6 Å². The number of hydrogen-bond acceptors (Lipinski definition) is 4. The number of fused-ring (bicyclic) bond motifs is 3. The van der Waals surface area contributed by atoms with Crippen molar-refractivity contribution in [2.45, 2.75) is 82.4 Å². The molecule has 2 aliphatic rings. The van der Waals surface area contributed by atoms with Crippen molar-refractivity contribution in [3.63, 3.8) is 0 Å². The number of nitrogens with zero attached hydrogens (tertiary/aromatic N) is 1. The van der Waals surface area contributed by atoms with Crippen molar-refractivity contribution in [1.82, 2.24) is 20.5 Å². The first-order chi connectivity index (χ1) is 18.7. The first kappa shape index (κ1) is 30.1. The van der Waals surface area contributed by atoms with Crippen molar-refractivity contribution in [1.29, 1.82) is 0 Å². The van der Waals surface area contributed by atoms with Crippen LogP contribution in [0.25, 0.3) is 10.9 Å². The van der Waals surface area contributed by atoms with Crippen LogP contribution in [0.5, 0.6) is 0 Å². The van der Waals surface area contributed by atoms with Crippen LogP contribution in [0, 0.1) is 0 Å². The van der Waals surface area contributed by atoms with E-state index >= 15 is 0 Å². The highest BCUT2D eigenvalue weighted by Gasteiger charge is 2.42. The number of nitrogens with one attached hydrogen (secondary N) is 3. The van der Waals surface area contributed by atoms with Gasteiger partial charge in [-0.3, -0.25) is 9.59 Å². The molecule has 2 amide bonds. The smallest absolute Gasteiger partial charge is 0.245 e. The summed E-state index contributed by atoms with van der Waals surface area (Å²) in [6.45, 7) is 7.40. The number of aliphatic hydroxyl groups excluding tert-OH is 1. The van der Waals surface area contributed by atoms with Crippen LogP contribution in [-0.2, 0) is 27.8 Å². The van der Waals surface area contributed by atoms with Gasteiger partial charge in [-0.15, -0.1) is 12.4 Å². The summed E-state index contributed by atoms with van der Waals surface area (Å²) in [5, 5.41) is 17.1. The molecule has 1 saturated heterocycles. The molecule has 1 aliphatic heterocycles. The van der Waals surface area contributed by atoms with E-state index in [4.69, 9.17) is 0 Å². The number of aromatic amines is 1. The molecule has 5 rings (SSSR count). The largest absolute Gasteiger partial charge is 0.392 e. The van der Waals surface area contributed by atoms with Crippen molar-refractivity contribution in [3.8, 4) is 0 Å². The lowest BCUT2D eigenvalue weighted by atomic mass is 9.74. The summed E-state index contributed by atoms with van der Waals surface area (Å²) >= 11 is 0. The summed E-state index contributed by atoms with van der Waals surface area (Å²) in [5.74, 6) is -0.181. The number of aliphatic hydroxyl groups is 1. The van der Waals surface area contributed by atoms with Crippen LogP contribution in [0.15, 0.2) is 54.7 Å². The minimum absolute atomic E-state index is 0. The fourth-order valence-corrected chi connectivity index (χ4v) is 6.51. The molecule has 7 nitrogen and oxygen atoms in total. The monoisotopic (exact) mass is 566 g/mol. The Morgan fingerprint density at radius 2 is 1.77 bits per heavy atom. The van der Waals surface area contributed by atoms with Crippen molar-refractivity contribution < 1.29 is 14.7 Å². The van der Waals surface area contributed by atoms with Gasteiger partial charge in [-0.25, -0.2) is 0 Å². The zero-order chi connectivity index (χ0) is 27.6. The molecule has 0 unspecified atom stereocenters. The SMILES string of the molecule is C[C@@H](O)CNC(C)(C)CC(=O)N[C@H](Cc1c[nH]c2ccccc12)C(=O)N1CCC2(CCc3ccccc32)CC1.Cl. The Morgan fingerprint density at radius 3 is 2.52 bits per heavy atom. The number of H-pyrrole nitrogens is 1. The van der Waals surface area contributed by atoms with Gasteiger partial charge in [-0.2, -0.15) is 0 Å². The topological polar surface area (TPSA) is 97.5 Å². The Morgan fingerprint density at radius 1 is 1.07 bits per heavy atom. The highest BCUT2D eigenvalue weighted by atomic mass is 35.5. The van der Waals surface area contributed by atoms with Gasteiger partial charge in [-0.1, -0.05) is 42.5 Å². The van der Waals surface area contributed by atoms with Crippen molar-refractivity contribution in [3.05, 3.63) is 71.4 Å². The lowest BCUT2D eigenvalue weighted by Crippen LogP contribution is -2.54. The van der Waals surface area contributed by atoms with E-state index in [2.05, 4.69) is 45.9 Å². The third kappa shape index (κ3) is 6.54. The number of aromatic nitrogens is 1. The van der Waals surface area contributed by atoms with Gasteiger partial charge in [0.25, 0.3) is 0 Å². The summed E-state index contributed by atoms with van der Waals surface area (Å²) < 4.78 is 0. The number of carbonyl (C=O) groups is 2. The number of amides is 2. The Hall–Kier alpha value is -2.87. The second-order valence-electron chi connectivity index (χ2n) is 12.2. The Bertz CT molecular complexity index is 1330. The van der Waals surface area contributed by atoms with Gasteiger partial charge in [0.15, 0.2) is 0 Å². The predicted molar refractivity (Wildman–Crippen MR) is 162 cm³/mol. The molecule has 1 fully saturated rings. The van der Waals surface area contributed by atoms with Crippen LogP contribution < -0.4 is 10.6 Å². The van der Waals surface area contributed by atoms with E-state index < -0.39 is 17.7 Å². The highest BCUT2D eigenvalue weighted by molar-refractivity contribution is 5.90. The average molecular weight is 567 g/mol. The van der Waals surface area contributed by atoms with Crippen LogP contribution >= 0.6 is 12.4 Å². The number of rotatable bonds is 9. The number of likely N-dealkylation sites (tertiary alicyclic amines) is 1. The maximum Gasteiger partial charge on any atom is 0.245 e. The second-order valence-corrected chi connectivity index (χ2v) is 12.2. The van der Waals surface area contributed by atoms with Crippen LogP contribution in [0.3, 0.4) is 0 Å². The first-order valence-electron chi connectivity index (χ1n) is 14.3. The van der Waals surface area contributed by atoms with Crippen LogP contribution in [0.2, 0.25) is 0 Å². The summed E-state index contributed by atoms with van der Waals surface area (Å²) in [4.78, 5) is 32.5. The maximum atomic E-state index is 14.0. The normalized spacial score (nSPS) is 17.8. The minimum Gasteiger partial charge on any atom is -0.392 e. The standard InChI is InChI=1S/C32H42N4O3.ClH/c1-22(37)20-34-31(2,3)19-29(38)35-28(18-24-21-33-27-11-7-5-9-25(24)27)30(39)36-16-14-32(15-17-36)13-12-23-8-4-6-10-26(23)32;/h4-11,21-22,28,33-34,37H,12-20H2,1-3H3,(H,35,38);1H/t22-,28-;/m1./s1. The molecule has 1 aromatic heterocycles. The molecule has 1 aliphatic carbocycles. The van der Waals surface area contributed by atoms with E-state index in [1.165, 1.54) is 11.1 Å². The minimum atomic E-state index is -0.644. The molecule has 1 spiro atoms. The van der Waals surface area contributed by atoms with Crippen molar-refractivity contribution in [2.75, 3.05) is 19.6 Å². The summed E-state index contributed by atoms with van der Waals surface area (Å²) in [6, 6.07) is 16.2. The summed E-state index contributed by atoms with van der Waals surface area (Å²) in [5.41, 5.74) is 4.62. The number of carbonyl (C=O) groups excluding carboxylic acids is 2. The van der Waals surface area contributed by atoms with Gasteiger partial charge in [0.05, 0.1) is 6.10 Å². The predicted octanol–water partition coefficient (Wildman–Crippen LogP) is 4.26. The Balaban J connectivity index is 0.00000370. The Kier molecular flexibility index (Phi) is 9.28. The zero-order valence-corrected chi connectivity index (χ0v) is 24.7. The van der Waals surface area contributed by atoms with E-state index in [0.29, 0.717) is 26.1 Å². The van der Waals surface area contributed by atoms with Gasteiger partial charge in [-0.05, 0) is 74.6 Å². The third-order valence-electron chi connectivity index (χ3n) is 8.70. The molecular formula is C32H43ClN4O3. The lowest BCUT2D eigenvalue weighted by Gasteiger charge is -2.41. The quantitative estimate of drug-likeness (QED) is 0.311. The van der Waals surface area contributed by atoms with Crippen LogP contribution in [0.1, 0.15) is 63.1 Å². The van der Waals surface area contributed by atoms with E-state index in [-0.39, 0.29) is 36.1 Å². The molecule has 4 N–H and O–H groups in total. The molecule has 2 heterocycles. The molecule has 40 heavy (non-hydrogen) atoms. The molecule has 3 aromatic rings. The average Bonchev–Trinajstić information content (AvgIpc) is 3.49. The first-order valence-corrected chi connectivity index (χ1v) is 14.3.